The molecule has 2 aromatic heterocycles. The fourth-order valence-electron chi connectivity index (χ4n) is 8.36. The molecule has 0 saturated carbocycles. The molecular formula is C50H32N2O. The van der Waals surface area contributed by atoms with Crippen LogP contribution in [0.15, 0.2) is 199 Å². The van der Waals surface area contributed by atoms with Gasteiger partial charge in [0.2, 0.25) is 0 Å². The van der Waals surface area contributed by atoms with E-state index in [1.54, 1.807) is 0 Å². The van der Waals surface area contributed by atoms with E-state index in [1.807, 2.05) is 12.1 Å². The number of para-hydroxylation sites is 3. The molecule has 0 amide bonds. The number of hydrogen-bond donors (Lipinski definition) is 0. The molecule has 0 aliphatic carbocycles. The van der Waals surface area contributed by atoms with Gasteiger partial charge in [0.15, 0.2) is 0 Å². The number of anilines is 3. The van der Waals surface area contributed by atoms with Crippen LogP contribution in [-0.4, -0.2) is 4.57 Å². The van der Waals surface area contributed by atoms with E-state index in [9.17, 15) is 0 Å². The second-order valence-corrected chi connectivity index (χ2v) is 13.7. The van der Waals surface area contributed by atoms with E-state index in [4.69, 9.17) is 4.42 Å². The van der Waals surface area contributed by atoms with Crippen molar-refractivity contribution in [3.05, 3.63) is 194 Å². The smallest absolute Gasteiger partial charge is 0.135 e. The van der Waals surface area contributed by atoms with Crippen molar-refractivity contribution in [2.45, 2.75) is 0 Å². The third-order valence-electron chi connectivity index (χ3n) is 10.8. The van der Waals surface area contributed by atoms with E-state index in [1.165, 1.54) is 43.4 Å². The molecule has 248 valence electrons. The van der Waals surface area contributed by atoms with Crippen molar-refractivity contribution < 1.29 is 4.42 Å². The topological polar surface area (TPSA) is 21.3 Å². The molecule has 0 saturated heterocycles. The molecule has 0 unspecified atom stereocenters. The molecule has 0 radical (unpaired) electrons. The monoisotopic (exact) mass is 676 g/mol. The van der Waals surface area contributed by atoms with Gasteiger partial charge in [-0.05, 0) is 77.2 Å². The molecule has 0 bridgehead atoms. The Morgan fingerprint density at radius 3 is 1.70 bits per heavy atom. The van der Waals surface area contributed by atoms with E-state index in [0.29, 0.717) is 0 Å². The Balaban J connectivity index is 1.11. The first-order valence-electron chi connectivity index (χ1n) is 18.1. The van der Waals surface area contributed by atoms with E-state index in [-0.39, 0.29) is 0 Å². The summed E-state index contributed by atoms with van der Waals surface area (Å²) >= 11 is 0. The highest BCUT2D eigenvalue weighted by Gasteiger charge is 2.21. The Labute approximate surface area is 306 Å². The predicted molar refractivity (Wildman–Crippen MR) is 223 cm³/mol. The quantitative estimate of drug-likeness (QED) is 0.181. The van der Waals surface area contributed by atoms with Crippen LogP contribution in [0.1, 0.15) is 0 Å². The van der Waals surface area contributed by atoms with E-state index < -0.39 is 0 Å². The van der Waals surface area contributed by atoms with Gasteiger partial charge in [-0.25, -0.2) is 0 Å². The molecule has 3 nitrogen and oxygen atoms in total. The summed E-state index contributed by atoms with van der Waals surface area (Å²) in [6.07, 6.45) is 0. The molecule has 0 spiro atoms. The maximum atomic E-state index is 6.13. The van der Waals surface area contributed by atoms with Gasteiger partial charge in [-0.3, -0.25) is 0 Å². The van der Waals surface area contributed by atoms with Crippen molar-refractivity contribution in [2.24, 2.45) is 0 Å². The minimum Gasteiger partial charge on any atom is -0.456 e. The first-order valence-corrected chi connectivity index (χ1v) is 18.1. The van der Waals surface area contributed by atoms with Gasteiger partial charge in [0.25, 0.3) is 0 Å². The average molecular weight is 677 g/mol. The standard InChI is InChI=1S/C50H32N2O/c1-2-14-37-34(12-1)13-11-22-44(37)51(36-27-24-33(25-28-36)35-26-31-50-43(32-35)42-19-7-10-23-49(42)53-50)47-29-30-48(41-16-4-3-15-40(41)47)52-45-20-8-5-17-38(45)39-18-6-9-21-46(39)52/h1-32H. The van der Waals surface area contributed by atoms with Gasteiger partial charge in [-0.1, -0.05) is 133 Å². The van der Waals surface area contributed by atoms with Crippen molar-refractivity contribution in [1.82, 2.24) is 4.57 Å². The van der Waals surface area contributed by atoms with Crippen LogP contribution in [0, 0.1) is 0 Å². The molecule has 2 heterocycles. The minimum absolute atomic E-state index is 0.907. The summed E-state index contributed by atoms with van der Waals surface area (Å²) in [4.78, 5) is 2.43. The van der Waals surface area contributed by atoms with Crippen LogP contribution in [0.3, 0.4) is 0 Å². The molecule has 0 aliphatic heterocycles. The molecule has 3 heteroatoms. The molecule has 0 N–H and O–H groups in total. The van der Waals surface area contributed by atoms with Crippen molar-refractivity contribution in [3.63, 3.8) is 0 Å². The van der Waals surface area contributed by atoms with Gasteiger partial charge in [0.05, 0.1) is 28.1 Å². The zero-order chi connectivity index (χ0) is 34.9. The Morgan fingerprint density at radius 2 is 0.925 bits per heavy atom. The van der Waals surface area contributed by atoms with Crippen molar-refractivity contribution in [1.29, 1.82) is 0 Å². The second kappa shape index (κ2) is 11.7. The lowest BCUT2D eigenvalue weighted by atomic mass is 10.0. The summed E-state index contributed by atoms with van der Waals surface area (Å²) in [6, 6.07) is 69.9. The summed E-state index contributed by atoms with van der Waals surface area (Å²) in [7, 11) is 0. The van der Waals surface area contributed by atoms with Crippen molar-refractivity contribution in [3.8, 4) is 16.8 Å². The van der Waals surface area contributed by atoms with Gasteiger partial charge >= 0.3 is 0 Å². The summed E-state index contributed by atoms with van der Waals surface area (Å²) in [5, 5.41) is 9.57. The third-order valence-corrected chi connectivity index (χ3v) is 10.8. The Morgan fingerprint density at radius 1 is 0.358 bits per heavy atom. The predicted octanol–water partition coefficient (Wildman–Crippen LogP) is 14.1. The average Bonchev–Trinajstić information content (AvgIpc) is 3.77. The molecular weight excluding hydrogens is 645 g/mol. The molecule has 0 atom stereocenters. The molecule has 11 aromatic rings. The number of fused-ring (bicyclic) bond motifs is 8. The van der Waals surface area contributed by atoms with Crippen LogP contribution >= 0.6 is 0 Å². The molecule has 0 fully saturated rings. The molecule has 9 aromatic carbocycles. The van der Waals surface area contributed by atoms with Crippen molar-refractivity contribution >= 4 is 82.4 Å². The number of rotatable bonds is 5. The van der Waals surface area contributed by atoms with Crippen LogP contribution in [0.25, 0.3) is 82.1 Å². The lowest BCUT2D eigenvalue weighted by molar-refractivity contribution is 0.669. The van der Waals surface area contributed by atoms with Crippen LogP contribution < -0.4 is 4.90 Å². The van der Waals surface area contributed by atoms with E-state index in [2.05, 4.69) is 191 Å². The van der Waals surface area contributed by atoms with Gasteiger partial charge in [-0.15, -0.1) is 0 Å². The number of aromatic nitrogens is 1. The minimum atomic E-state index is 0.907. The van der Waals surface area contributed by atoms with Crippen molar-refractivity contribution in [2.75, 3.05) is 4.90 Å². The summed E-state index contributed by atoms with van der Waals surface area (Å²) < 4.78 is 8.55. The fraction of sp³-hybridized carbons (Fsp3) is 0. The second-order valence-electron chi connectivity index (χ2n) is 13.7. The zero-order valence-corrected chi connectivity index (χ0v) is 28.8. The molecule has 0 aliphatic rings. The van der Waals surface area contributed by atoms with Gasteiger partial charge in [0, 0.05) is 43.4 Å². The number of nitrogens with zero attached hydrogens (tertiary/aromatic N) is 2. The van der Waals surface area contributed by atoms with Crippen LogP contribution in [0.2, 0.25) is 0 Å². The SMILES string of the molecule is c1ccc2c(N(c3ccc(-c4ccc5oc6ccccc6c5c4)cc3)c3ccc(-n4c5ccccc5c5ccccc54)c4ccccc34)cccc2c1. The van der Waals surface area contributed by atoms with E-state index >= 15 is 0 Å². The van der Waals surface area contributed by atoms with Gasteiger partial charge in [0.1, 0.15) is 11.2 Å². The number of furan rings is 1. The Bertz CT molecular complexity index is 3130. The van der Waals surface area contributed by atoms with E-state index in [0.717, 1.165) is 55.8 Å². The van der Waals surface area contributed by atoms with Gasteiger partial charge < -0.3 is 13.9 Å². The highest BCUT2D eigenvalue weighted by atomic mass is 16.3. The fourth-order valence-corrected chi connectivity index (χ4v) is 8.36. The Hall–Kier alpha value is -7.10. The number of hydrogen-bond acceptors (Lipinski definition) is 2. The summed E-state index contributed by atoms with van der Waals surface area (Å²) in [5.41, 5.74) is 11.1. The summed E-state index contributed by atoms with van der Waals surface area (Å²) in [6.45, 7) is 0. The zero-order valence-electron chi connectivity index (χ0n) is 28.8. The normalized spacial score (nSPS) is 11.8. The summed E-state index contributed by atoms with van der Waals surface area (Å²) in [5.74, 6) is 0. The van der Waals surface area contributed by atoms with Crippen LogP contribution in [0.4, 0.5) is 17.1 Å². The molecule has 53 heavy (non-hydrogen) atoms. The first kappa shape index (κ1) is 29.6. The maximum Gasteiger partial charge on any atom is 0.135 e. The van der Waals surface area contributed by atoms with Crippen LogP contribution in [0.5, 0.6) is 0 Å². The maximum absolute atomic E-state index is 6.13. The lowest BCUT2D eigenvalue weighted by Gasteiger charge is -2.29. The first-order chi connectivity index (χ1) is 26.3. The largest absolute Gasteiger partial charge is 0.456 e. The highest BCUT2D eigenvalue weighted by molar-refractivity contribution is 6.13. The van der Waals surface area contributed by atoms with Gasteiger partial charge in [-0.2, -0.15) is 0 Å². The number of benzene rings is 9. The third kappa shape index (κ3) is 4.61. The highest BCUT2D eigenvalue weighted by Crippen LogP contribution is 2.45. The lowest BCUT2D eigenvalue weighted by Crippen LogP contribution is -2.11. The Kier molecular flexibility index (Phi) is 6.55. The molecule has 11 rings (SSSR count). The van der Waals surface area contributed by atoms with Crippen LogP contribution in [-0.2, 0) is 0 Å².